The Balaban J connectivity index is 2.27. The first kappa shape index (κ1) is 20.0. The van der Waals surface area contributed by atoms with Gasteiger partial charge in [0.25, 0.3) is 0 Å². The minimum atomic E-state index is -0.129. The summed E-state index contributed by atoms with van der Waals surface area (Å²) in [6, 6.07) is 0. The average molecular weight is 326 g/mol. The minimum Gasteiger partial charge on any atom is -0.465 e. The lowest BCUT2D eigenvalue weighted by atomic mass is 9.81. The molecular weight excluding hydrogens is 292 g/mol. The van der Waals surface area contributed by atoms with Crippen LogP contribution in [0, 0.1) is 17.8 Å². The molecule has 1 aliphatic carbocycles. The van der Waals surface area contributed by atoms with Crippen molar-refractivity contribution in [2.24, 2.45) is 17.8 Å². The van der Waals surface area contributed by atoms with Gasteiger partial charge in [0.1, 0.15) is 0 Å². The second-order valence-electron chi connectivity index (χ2n) is 7.14. The van der Waals surface area contributed by atoms with Crippen LogP contribution in [0.1, 0.15) is 78.6 Å². The monoisotopic (exact) mass is 326 g/mol. The molecule has 2 unspecified atom stereocenters. The molecule has 134 valence electrons. The van der Waals surface area contributed by atoms with Gasteiger partial charge in [0.15, 0.2) is 0 Å². The van der Waals surface area contributed by atoms with Crippen molar-refractivity contribution in [1.29, 1.82) is 0 Å². The summed E-state index contributed by atoms with van der Waals surface area (Å²) in [7, 11) is 0. The molecule has 0 N–H and O–H groups in total. The van der Waals surface area contributed by atoms with Crippen molar-refractivity contribution < 1.29 is 19.1 Å². The van der Waals surface area contributed by atoms with Gasteiger partial charge in [-0.05, 0) is 44.4 Å². The maximum absolute atomic E-state index is 12.1. The smallest absolute Gasteiger partial charge is 0.308 e. The molecule has 0 aromatic carbocycles. The fourth-order valence-electron chi connectivity index (χ4n) is 3.04. The van der Waals surface area contributed by atoms with Crippen LogP contribution in [0.3, 0.4) is 0 Å². The van der Waals surface area contributed by atoms with Gasteiger partial charge in [0.05, 0.1) is 25.0 Å². The second-order valence-corrected chi connectivity index (χ2v) is 7.14. The van der Waals surface area contributed by atoms with Gasteiger partial charge in [0.2, 0.25) is 0 Å². The van der Waals surface area contributed by atoms with E-state index < -0.39 is 0 Å². The number of carbonyl (C=O) groups excluding carboxylic acids is 2. The first-order valence-electron chi connectivity index (χ1n) is 9.37. The van der Waals surface area contributed by atoms with E-state index in [9.17, 15) is 9.59 Å². The molecule has 0 saturated heterocycles. The van der Waals surface area contributed by atoms with Gasteiger partial charge < -0.3 is 9.47 Å². The van der Waals surface area contributed by atoms with Crippen molar-refractivity contribution >= 4 is 11.9 Å². The van der Waals surface area contributed by atoms with Crippen molar-refractivity contribution in [1.82, 2.24) is 0 Å². The van der Waals surface area contributed by atoms with E-state index in [1.54, 1.807) is 0 Å². The molecule has 23 heavy (non-hydrogen) atoms. The molecule has 0 aliphatic heterocycles. The van der Waals surface area contributed by atoms with E-state index in [0.717, 1.165) is 51.4 Å². The molecule has 0 amide bonds. The van der Waals surface area contributed by atoms with Crippen LogP contribution in [0.4, 0.5) is 0 Å². The number of unbranched alkanes of at least 4 members (excludes halogenated alkanes) is 2. The normalized spacial score (nSPS) is 21.2. The van der Waals surface area contributed by atoms with Crippen molar-refractivity contribution in [2.75, 3.05) is 13.2 Å². The molecule has 2 atom stereocenters. The van der Waals surface area contributed by atoms with Crippen LogP contribution in [-0.4, -0.2) is 25.2 Å². The zero-order chi connectivity index (χ0) is 17.1. The van der Waals surface area contributed by atoms with Crippen molar-refractivity contribution in [3.05, 3.63) is 0 Å². The molecule has 0 aromatic rings. The number of rotatable bonds is 10. The van der Waals surface area contributed by atoms with Gasteiger partial charge in [-0.3, -0.25) is 9.59 Å². The Morgan fingerprint density at radius 1 is 0.957 bits per heavy atom. The molecular formula is C19H34O4. The SMILES string of the molecule is CCCCCOC(=O)C1CCCC(C(=O)OCCCC(C)C)C1. The Hall–Kier alpha value is -1.06. The highest BCUT2D eigenvalue weighted by Gasteiger charge is 2.32. The Morgan fingerprint density at radius 2 is 1.52 bits per heavy atom. The number of hydrogen-bond acceptors (Lipinski definition) is 4. The molecule has 1 aliphatic rings. The highest BCUT2D eigenvalue weighted by Crippen LogP contribution is 2.31. The summed E-state index contributed by atoms with van der Waals surface area (Å²) in [6.45, 7) is 7.47. The molecule has 1 fully saturated rings. The van der Waals surface area contributed by atoms with Gasteiger partial charge >= 0.3 is 11.9 Å². The van der Waals surface area contributed by atoms with Crippen LogP contribution in [0.15, 0.2) is 0 Å². The topological polar surface area (TPSA) is 52.6 Å². The Kier molecular flexibility index (Phi) is 9.97. The summed E-state index contributed by atoms with van der Waals surface area (Å²) in [5.41, 5.74) is 0. The van der Waals surface area contributed by atoms with Crippen LogP contribution < -0.4 is 0 Å². The van der Waals surface area contributed by atoms with Gasteiger partial charge in [-0.1, -0.05) is 40.0 Å². The summed E-state index contributed by atoms with van der Waals surface area (Å²) in [4.78, 5) is 24.2. The lowest BCUT2D eigenvalue weighted by molar-refractivity contribution is -0.155. The zero-order valence-electron chi connectivity index (χ0n) is 15.1. The number of esters is 2. The quantitative estimate of drug-likeness (QED) is 0.438. The van der Waals surface area contributed by atoms with E-state index in [2.05, 4.69) is 20.8 Å². The fourth-order valence-corrected chi connectivity index (χ4v) is 3.04. The van der Waals surface area contributed by atoms with E-state index in [-0.39, 0.29) is 23.8 Å². The summed E-state index contributed by atoms with van der Waals surface area (Å²) < 4.78 is 10.7. The molecule has 0 spiro atoms. The highest BCUT2D eigenvalue weighted by molar-refractivity contribution is 5.76. The number of ether oxygens (including phenoxy) is 2. The molecule has 0 heterocycles. The maximum atomic E-state index is 12.1. The van der Waals surface area contributed by atoms with Gasteiger partial charge in [-0.25, -0.2) is 0 Å². The highest BCUT2D eigenvalue weighted by atomic mass is 16.5. The van der Waals surface area contributed by atoms with Crippen LogP contribution in [-0.2, 0) is 19.1 Å². The lowest BCUT2D eigenvalue weighted by Crippen LogP contribution is -2.30. The lowest BCUT2D eigenvalue weighted by Gasteiger charge is -2.26. The summed E-state index contributed by atoms with van der Waals surface area (Å²) >= 11 is 0. The maximum Gasteiger partial charge on any atom is 0.308 e. The summed E-state index contributed by atoms with van der Waals surface area (Å²) in [6.07, 6.45) is 8.29. The standard InChI is InChI=1S/C19H34O4/c1-4-5-6-12-22-18(20)16-10-7-11-17(14-16)19(21)23-13-8-9-15(2)3/h15-17H,4-14H2,1-3H3. The van der Waals surface area contributed by atoms with Crippen LogP contribution >= 0.6 is 0 Å². The van der Waals surface area contributed by atoms with Crippen LogP contribution in [0.2, 0.25) is 0 Å². The van der Waals surface area contributed by atoms with Crippen molar-refractivity contribution in [3.8, 4) is 0 Å². The van der Waals surface area contributed by atoms with Crippen LogP contribution in [0.5, 0.6) is 0 Å². The average Bonchev–Trinajstić information content (AvgIpc) is 2.55. The fraction of sp³-hybridized carbons (Fsp3) is 0.895. The third kappa shape index (κ3) is 8.38. The molecule has 1 saturated carbocycles. The van der Waals surface area contributed by atoms with E-state index in [1.807, 2.05) is 0 Å². The van der Waals surface area contributed by atoms with Gasteiger partial charge in [-0.15, -0.1) is 0 Å². The number of carbonyl (C=O) groups is 2. The van der Waals surface area contributed by atoms with E-state index >= 15 is 0 Å². The minimum absolute atomic E-state index is 0.126. The van der Waals surface area contributed by atoms with E-state index in [0.29, 0.717) is 25.6 Å². The first-order valence-corrected chi connectivity index (χ1v) is 9.37. The van der Waals surface area contributed by atoms with Gasteiger partial charge in [-0.2, -0.15) is 0 Å². The molecule has 4 heteroatoms. The zero-order valence-corrected chi connectivity index (χ0v) is 15.1. The number of hydrogen-bond donors (Lipinski definition) is 0. The molecule has 1 rings (SSSR count). The van der Waals surface area contributed by atoms with E-state index in [4.69, 9.17) is 9.47 Å². The Morgan fingerprint density at radius 3 is 2.04 bits per heavy atom. The van der Waals surface area contributed by atoms with E-state index in [1.165, 1.54) is 0 Å². The second kappa shape index (κ2) is 11.5. The Labute approximate surface area is 141 Å². The summed E-state index contributed by atoms with van der Waals surface area (Å²) in [5, 5.41) is 0. The largest absolute Gasteiger partial charge is 0.465 e. The Bertz CT molecular complexity index is 351. The van der Waals surface area contributed by atoms with Gasteiger partial charge in [0, 0.05) is 0 Å². The van der Waals surface area contributed by atoms with Crippen LogP contribution in [0.25, 0.3) is 0 Å². The first-order chi connectivity index (χ1) is 11.0. The molecule has 4 nitrogen and oxygen atoms in total. The predicted octanol–water partition coefficient (Wildman–Crippen LogP) is 4.51. The third-order valence-electron chi connectivity index (χ3n) is 4.50. The third-order valence-corrected chi connectivity index (χ3v) is 4.50. The molecule has 0 bridgehead atoms. The molecule has 0 radical (unpaired) electrons. The van der Waals surface area contributed by atoms with Crippen molar-refractivity contribution in [2.45, 2.75) is 78.6 Å². The summed E-state index contributed by atoms with van der Waals surface area (Å²) in [5.74, 6) is 0.125. The van der Waals surface area contributed by atoms with Crippen molar-refractivity contribution in [3.63, 3.8) is 0 Å². The predicted molar refractivity (Wildman–Crippen MR) is 91.0 cm³/mol. The molecule has 0 aromatic heterocycles.